The van der Waals surface area contributed by atoms with Crippen molar-refractivity contribution < 1.29 is 8.42 Å². The highest BCUT2D eigenvalue weighted by Crippen LogP contribution is 2.22. The maximum absolute atomic E-state index is 12.1. The van der Waals surface area contributed by atoms with Crippen molar-refractivity contribution in [1.29, 1.82) is 0 Å². The molecule has 0 atom stereocenters. The smallest absolute Gasteiger partial charge is 0.215 e. The second-order valence-electron chi connectivity index (χ2n) is 4.83. The topological polar surface area (TPSA) is 49.4 Å². The first-order chi connectivity index (χ1) is 8.08. The van der Waals surface area contributed by atoms with Gasteiger partial charge < -0.3 is 5.32 Å². The number of sulfonamides is 1. The molecule has 1 N–H and O–H groups in total. The van der Waals surface area contributed by atoms with Crippen LogP contribution in [0, 0.1) is 0 Å². The Kier molecular flexibility index (Phi) is 6.44. The van der Waals surface area contributed by atoms with Crippen molar-refractivity contribution in [3.05, 3.63) is 0 Å². The first kappa shape index (κ1) is 14.9. The van der Waals surface area contributed by atoms with Gasteiger partial charge in [-0.25, -0.2) is 12.7 Å². The SMILES string of the molecule is CCNCCS(=O)(=O)N(C)C1CCCCCC1. The summed E-state index contributed by atoms with van der Waals surface area (Å²) < 4.78 is 25.8. The van der Waals surface area contributed by atoms with Crippen LogP contribution in [0.4, 0.5) is 0 Å². The zero-order chi connectivity index (χ0) is 12.7. The normalized spacial score (nSPS) is 19.5. The molecule has 5 heteroatoms. The summed E-state index contributed by atoms with van der Waals surface area (Å²) in [5, 5.41) is 3.07. The van der Waals surface area contributed by atoms with E-state index < -0.39 is 10.0 Å². The zero-order valence-corrected chi connectivity index (χ0v) is 11.9. The van der Waals surface area contributed by atoms with Crippen LogP contribution in [0.2, 0.25) is 0 Å². The van der Waals surface area contributed by atoms with E-state index in [9.17, 15) is 8.42 Å². The molecular weight excluding hydrogens is 236 g/mol. The van der Waals surface area contributed by atoms with E-state index in [1.54, 1.807) is 11.4 Å². The maximum atomic E-state index is 12.1. The molecule has 1 fully saturated rings. The summed E-state index contributed by atoms with van der Waals surface area (Å²) in [5.41, 5.74) is 0. The molecule has 0 bridgehead atoms. The van der Waals surface area contributed by atoms with E-state index in [0.29, 0.717) is 6.54 Å². The highest BCUT2D eigenvalue weighted by atomic mass is 32.2. The van der Waals surface area contributed by atoms with E-state index in [0.717, 1.165) is 32.2 Å². The molecule has 1 aliphatic carbocycles. The fourth-order valence-corrected chi connectivity index (χ4v) is 3.73. The molecule has 0 aromatic rings. The minimum absolute atomic E-state index is 0.216. The molecule has 4 nitrogen and oxygen atoms in total. The van der Waals surface area contributed by atoms with Crippen molar-refractivity contribution in [3.63, 3.8) is 0 Å². The minimum Gasteiger partial charge on any atom is -0.316 e. The lowest BCUT2D eigenvalue weighted by Crippen LogP contribution is -2.40. The van der Waals surface area contributed by atoms with Crippen LogP contribution in [-0.4, -0.2) is 44.7 Å². The maximum Gasteiger partial charge on any atom is 0.215 e. The van der Waals surface area contributed by atoms with Crippen LogP contribution in [0.3, 0.4) is 0 Å². The van der Waals surface area contributed by atoms with Crippen molar-refractivity contribution in [2.45, 2.75) is 51.5 Å². The summed E-state index contributed by atoms with van der Waals surface area (Å²) >= 11 is 0. The second kappa shape index (κ2) is 7.34. The van der Waals surface area contributed by atoms with Crippen molar-refractivity contribution in [2.75, 3.05) is 25.9 Å². The minimum atomic E-state index is -3.08. The van der Waals surface area contributed by atoms with Gasteiger partial charge in [0.15, 0.2) is 0 Å². The van der Waals surface area contributed by atoms with E-state index >= 15 is 0 Å². The first-order valence-electron chi connectivity index (χ1n) is 6.74. The van der Waals surface area contributed by atoms with E-state index in [1.807, 2.05) is 6.92 Å². The summed E-state index contributed by atoms with van der Waals surface area (Å²) in [6, 6.07) is 0.226. The van der Waals surface area contributed by atoms with Crippen LogP contribution in [0.15, 0.2) is 0 Å². The van der Waals surface area contributed by atoms with Crippen LogP contribution in [0.1, 0.15) is 45.4 Å². The summed E-state index contributed by atoms with van der Waals surface area (Å²) in [6.45, 7) is 3.36. The Morgan fingerprint density at radius 1 is 1.18 bits per heavy atom. The molecular formula is C12H26N2O2S. The Hall–Kier alpha value is -0.130. The third-order valence-corrected chi connectivity index (χ3v) is 5.46. The summed E-state index contributed by atoms with van der Waals surface area (Å²) in [6.07, 6.45) is 6.88. The molecule has 0 radical (unpaired) electrons. The summed E-state index contributed by atoms with van der Waals surface area (Å²) in [5.74, 6) is 0.216. The van der Waals surface area contributed by atoms with Gasteiger partial charge >= 0.3 is 0 Å². The van der Waals surface area contributed by atoms with Crippen molar-refractivity contribution in [1.82, 2.24) is 9.62 Å². The third kappa shape index (κ3) is 4.94. The summed E-state index contributed by atoms with van der Waals surface area (Å²) in [4.78, 5) is 0. The van der Waals surface area contributed by atoms with E-state index in [4.69, 9.17) is 0 Å². The van der Waals surface area contributed by atoms with Crippen molar-refractivity contribution in [3.8, 4) is 0 Å². The van der Waals surface area contributed by atoms with Gasteiger partial charge in [0.05, 0.1) is 5.75 Å². The Bertz CT molecular complexity index is 296. The lowest BCUT2D eigenvalue weighted by atomic mass is 10.1. The molecule has 1 saturated carbocycles. The lowest BCUT2D eigenvalue weighted by molar-refractivity contribution is 0.335. The molecule has 0 saturated heterocycles. The van der Waals surface area contributed by atoms with Crippen molar-refractivity contribution in [2.24, 2.45) is 0 Å². The Morgan fingerprint density at radius 3 is 2.29 bits per heavy atom. The van der Waals surface area contributed by atoms with Crippen LogP contribution in [-0.2, 0) is 10.0 Å². The predicted molar refractivity (Wildman–Crippen MR) is 71.6 cm³/mol. The Balaban J connectivity index is 2.50. The van der Waals surface area contributed by atoms with Gasteiger partial charge in [-0.15, -0.1) is 0 Å². The second-order valence-corrected chi connectivity index (χ2v) is 6.98. The highest BCUT2D eigenvalue weighted by molar-refractivity contribution is 7.89. The number of nitrogens with one attached hydrogen (secondary N) is 1. The van der Waals surface area contributed by atoms with Crippen LogP contribution < -0.4 is 5.32 Å². The molecule has 102 valence electrons. The quantitative estimate of drug-likeness (QED) is 0.584. The largest absolute Gasteiger partial charge is 0.316 e. The molecule has 1 rings (SSSR count). The zero-order valence-electron chi connectivity index (χ0n) is 11.1. The van der Waals surface area contributed by atoms with Crippen LogP contribution >= 0.6 is 0 Å². The highest BCUT2D eigenvalue weighted by Gasteiger charge is 2.26. The third-order valence-electron chi connectivity index (χ3n) is 3.56. The number of hydrogen-bond donors (Lipinski definition) is 1. The van der Waals surface area contributed by atoms with Gasteiger partial charge in [0.1, 0.15) is 0 Å². The summed E-state index contributed by atoms with van der Waals surface area (Å²) in [7, 11) is -1.33. The van der Waals surface area contributed by atoms with Gasteiger partial charge in [0.25, 0.3) is 0 Å². The molecule has 0 unspecified atom stereocenters. The van der Waals surface area contributed by atoms with Gasteiger partial charge in [-0.05, 0) is 19.4 Å². The van der Waals surface area contributed by atoms with Gasteiger partial charge in [-0.2, -0.15) is 0 Å². The Morgan fingerprint density at radius 2 is 1.76 bits per heavy atom. The molecule has 17 heavy (non-hydrogen) atoms. The first-order valence-corrected chi connectivity index (χ1v) is 8.35. The average molecular weight is 262 g/mol. The monoisotopic (exact) mass is 262 g/mol. The standard InChI is InChI=1S/C12H26N2O2S/c1-3-13-10-11-17(15,16)14(2)12-8-6-4-5-7-9-12/h12-13H,3-11H2,1-2H3. The predicted octanol–water partition coefficient (Wildman–Crippen LogP) is 1.58. The fraction of sp³-hybridized carbons (Fsp3) is 1.00. The number of rotatable bonds is 6. The van der Waals surface area contributed by atoms with Crippen molar-refractivity contribution >= 4 is 10.0 Å². The molecule has 1 aliphatic rings. The van der Waals surface area contributed by atoms with Gasteiger partial charge in [-0.1, -0.05) is 32.6 Å². The molecule has 0 spiro atoms. The molecule has 0 aliphatic heterocycles. The van der Waals surface area contributed by atoms with Crippen LogP contribution in [0.5, 0.6) is 0 Å². The molecule has 0 heterocycles. The van der Waals surface area contributed by atoms with Crippen LogP contribution in [0.25, 0.3) is 0 Å². The van der Waals surface area contributed by atoms with E-state index in [-0.39, 0.29) is 11.8 Å². The average Bonchev–Trinajstić information content (AvgIpc) is 2.56. The molecule has 0 aromatic heterocycles. The molecule has 0 aromatic carbocycles. The lowest BCUT2D eigenvalue weighted by Gasteiger charge is -2.26. The van der Waals surface area contributed by atoms with Gasteiger partial charge in [0, 0.05) is 19.6 Å². The Labute approximate surface area is 106 Å². The fourth-order valence-electron chi connectivity index (χ4n) is 2.37. The van der Waals surface area contributed by atoms with E-state index in [1.165, 1.54) is 12.8 Å². The van der Waals surface area contributed by atoms with Gasteiger partial charge in [-0.3, -0.25) is 0 Å². The number of nitrogens with zero attached hydrogens (tertiary/aromatic N) is 1. The molecule has 0 amide bonds. The number of hydrogen-bond acceptors (Lipinski definition) is 3. The van der Waals surface area contributed by atoms with Gasteiger partial charge in [0.2, 0.25) is 10.0 Å². The van der Waals surface area contributed by atoms with E-state index in [2.05, 4.69) is 5.32 Å².